The number of para-hydroxylation sites is 3. The predicted molar refractivity (Wildman–Crippen MR) is 270 cm³/mol. The molecule has 300 valence electrons. The van der Waals surface area contributed by atoms with E-state index in [0.29, 0.717) is 0 Å². The normalized spacial score (nSPS) is 11.8. The van der Waals surface area contributed by atoms with Crippen LogP contribution < -0.4 is 4.90 Å². The van der Waals surface area contributed by atoms with Crippen LogP contribution in [0.1, 0.15) is 0 Å². The molecule has 13 aromatic rings. The van der Waals surface area contributed by atoms with E-state index in [4.69, 9.17) is 8.83 Å². The van der Waals surface area contributed by atoms with E-state index < -0.39 is 0 Å². The number of benzene rings is 10. The first kappa shape index (κ1) is 36.5. The molecule has 0 unspecified atom stereocenters. The number of anilines is 3. The molecule has 0 bridgehead atoms. The lowest BCUT2D eigenvalue weighted by Gasteiger charge is -2.26. The van der Waals surface area contributed by atoms with Gasteiger partial charge >= 0.3 is 0 Å². The summed E-state index contributed by atoms with van der Waals surface area (Å²) in [5, 5.41) is 6.97. The number of hydrogen-bond donors (Lipinski definition) is 0. The van der Waals surface area contributed by atoms with Crippen LogP contribution in [-0.4, -0.2) is 0 Å². The highest BCUT2D eigenvalue weighted by molar-refractivity contribution is 7.26. The summed E-state index contributed by atoms with van der Waals surface area (Å²) < 4.78 is 15.9. The zero-order valence-electron chi connectivity index (χ0n) is 34.5. The highest BCUT2D eigenvalue weighted by Crippen LogP contribution is 2.47. The van der Waals surface area contributed by atoms with Crippen LogP contribution in [0.3, 0.4) is 0 Å². The van der Waals surface area contributed by atoms with Crippen LogP contribution in [0, 0.1) is 0 Å². The van der Waals surface area contributed by atoms with Gasteiger partial charge in [-0.25, -0.2) is 0 Å². The average Bonchev–Trinajstić information content (AvgIpc) is 4.07. The summed E-state index contributed by atoms with van der Waals surface area (Å²) in [4.78, 5) is 2.36. The van der Waals surface area contributed by atoms with Gasteiger partial charge in [0.1, 0.15) is 22.3 Å². The Balaban J connectivity index is 0.936. The Morgan fingerprint density at radius 3 is 1.30 bits per heavy atom. The molecule has 4 heteroatoms. The Morgan fingerprint density at radius 1 is 0.297 bits per heavy atom. The molecule has 0 amide bonds. The fourth-order valence-corrected chi connectivity index (χ4v) is 11.1. The third-order valence-electron chi connectivity index (χ3n) is 12.7. The predicted octanol–water partition coefficient (Wildman–Crippen LogP) is 18.0. The van der Waals surface area contributed by atoms with Crippen molar-refractivity contribution in [3.63, 3.8) is 0 Å². The van der Waals surface area contributed by atoms with Gasteiger partial charge < -0.3 is 13.7 Å². The summed E-state index contributed by atoms with van der Waals surface area (Å²) in [5.74, 6) is 0. The highest BCUT2D eigenvalue weighted by atomic mass is 32.1. The van der Waals surface area contributed by atoms with Gasteiger partial charge in [-0.05, 0) is 75.8 Å². The summed E-state index contributed by atoms with van der Waals surface area (Å²) in [6.07, 6.45) is 0. The standard InChI is InChI=1S/C60H37NO2S/c1-3-14-38(15-4-1)44-19-9-23-48-49-24-10-20-45(58(49)63-57(44)48)40-30-34-42(35-31-40)61(53-27-13-29-55-56(53)52-18-7-8-28-54(52)62-55)43-36-32-41(33-37-43)47-22-12-26-51-50-25-11-21-46(59(50)64-60(47)51)39-16-5-2-6-17-39/h1-37H. The van der Waals surface area contributed by atoms with Crippen molar-refractivity contribution in [1.29, 1.82) is 0 Å². The van der Waals surface area contributed by atoms with E-state index in [2.05, 4.69) is 211 Å². The van der Waals surface area contributed by atoms with Crippen LogP contribution in [0.2, 0.25) is 0 Å². The second-order valence-corrected chi connectivity index (χ2v) is 17.4. The maximum absolute atomic E-state index is 6.82. The second-order valence-electron chi connectivity index (χ2n) is 16.3. The Kier molecular flexibility index (Phi) is 8.40. The fourth-order valence-electron chi connectivity index (χ4n) is 9.73. The second kappa shape index (κ2) is 14.7. The summed E-state index contributed by atoms with van der Waals surface area (Å²) in [5.41, 5.74) is 16.0. The molecule has 0 saturated heterocycles. The minimum atomic E-state index is 0.856. The van der Waals surface area contributed by atoms with Crippen molar-refractivity contribution >= 4 is 92.4 Å². The largest absolute Gasteiger partial charge is 0.456 e. The molecule has 3 aromatic heterocycles. The minimum absolute atomic E-state index is 0.856. The molecule has 0 spiro atoms. The van der Waals surface area contributed by atoms with Gasteiger partial charge in [0.2, 0.25) is 0 Å². The molecule has 64 heavy (non-hydrogen) atoms. The molecule has 0 fully saturated rings. The fraction of sp³-hybridized carbons (Fsp3) is 0. The molecule has 3 nitrogen and oxygen atoms in total. The van der Waals surface area contributed by atoms with Crippen molar-refractivity contribution < 1.29 is 8.83 Å². The number of rotatable bonds is 7. The molecule has 0 aliphatic heterocycles. The maximum Gasteiger partial charge on any atom is 0.143 e. The monoisotopic (exact) mass is 835 g/mol. The minimum Gasteiger partial charge on any atom is -0.456 e. The van der Waals surface area contributed by atoms with Crippen molar-refractivity contribution in [2.75, 3.05) is 4.90 Å². The van der Waals surface area contributed by atoms with E-state index in [1.807, 2.05) is 29.5 Å². The summed E-state index contributed by atoms with van der Waals surface area (Å²) in [6, 6.07) is 80.1. The molecule has 0 atom stereocenters. The average molecular weight is 836 g/mol. The number of hydrogen-bond acceptors (Lipinski definition) is 4. The molecule has 0 saturated carbocycles. The van der Waals surface area contributed by atoms with Crippen molar-refractivity contribution in [2.45, 2.75) is 0 Å². The van der Waals surface area contributed by atoms with Gasteiger partial charge in [0.25, 0.3) is 0 Å². The van der Waals surface area contributed by atoms with E-state index >= 15 is 0 Å². The summed E-state index contributed by atoms with van der Waals surface area (Å²) in [6.45, 7) is 0. The molecule has 0 aliphatic rings. The quantitative estimate of drug-likeness (QED) is 0.160. The van der Waals surface area contributed by atoms with Gasteiger partial charge in [0.15, 0.2) is 0 Å². The molecular weight excluding hydrogens is 799 g/mol. The SMILES string of the molecule is c1ccc(-c2cccc3c2oc2c(-c4ccc(N(c5ccc(-c6cccc7c6sc6c(-c8ccccc8)cccc67)cc5)c5cccc6oc7ccccc7c56)cc4)cccc23)cc1. The first-order chi connectivity index (χ1) is 31.7. The topological polar surface area (TPSA) is 29.5 Å². The van der Waals surface area contributed by atoms with Crippen LogP contribution in [-0.2, 0) is 0 Å². The third-order valence-corrected chi connectivity index (χ3v) is 14.0. The van der Waals surface area contributed by atoms with Crippen molar-refractivity contribution in [1.82, 2.24) is 0 Å². The smallest absolute Gasteiger partial charge is 0.143 e. The molecule has 10 aromatic carbocycles. The van der Waals surface area contributed by atoms with E-state index in [0.717, 1.165) is 83.2 Å². The Morgan fingerprint density at radius 2 is 0.719 bits per heavy atom. The van der Waals surface area contributed by atoms with Gasteiger partial charge in [-0.2, -0.15) is 0 Å². The van der Waals surface area contributed by atoms with Crippen LogP contribution in [0.4, 0.5) is 17.1 Å². The zero-order chi connectivity index (χ0) is 42.1. The van der Waals surface area contributed by atoms with Crippen LogP contribution in [0.25, 0.3) is 109 Å². The van der Waals surface area contributed by atoms with E-state index in [1.54, 1.807) is 0 Å². The zero-order valence-corrected chi connectivity index (χ0v) is 35.4. The molecule has 13 rings (SSSR count). The number of furan rings is 2. The summed E-state index contributed by atoms with van der Waals surface area (Å²) >= 11 is 1.89. The van der Waals surface area contributed by atoms with Gasteiger partial charge in [0.05, 0.1) is 11.1 Å². The van der Waals surface area contributed by atoms with Gasteiger partial charge in [0, 0.05) is 58.8 Å². The lowest BCUT2D eigenvalue weighted by atomic mass is 9.99. The van der Waals surface area contributed by atoms with Crippen molar-refractivity contribution in [3.05, 3.63) is 224 Å². The van der Waals surface area contributed by atoms with Crippen molar-refractivity contribution in [2.24, 2.45) is 0 Å². The number of nitrogens with zero attached hydrogens (tertiary/aromatic N) is 1. The lowest BCUT2D eigenvalue weighted by molar-refractivity contribution is 0.669. The first-order valence-electron chi connectivity index (χ1n) is 21.7. The molecule has 3 heterocycles. The van der Waals surface area contributed by atoms with Crippen LogP contribution in [0.5, 0.6) is 0 Å². The summed E-state index contributed by atoms with van der Waals surface area (Å²) in [7, 11) is 0. The number of thiophene rings is 1. The molecular formula is C60H37NO2S. The Bertz CT molecular complexity index is 3680. The Labute approximate surface area is 373 Å². The van der Waals surface area contributed by atoms with Gasteiger partial charge in [-0.1, -0.05) is 182 Å². The first-order valence-corrected chi connectivity index (χ1v) is 22.5. The van der Waals surface area contributed by atoms with E-state index in [9.17, 15) is 0 Å². The lowest BCUT2D eigenvalue weighted by Crippen LogP contribution is -2.10. The van der Waals surface area contributed by atoms with E-state index in [-0.39, 0.29) is 0 Å². The Hall–Kier alpha value is -8.18. The number of fused-ring (bicyclic) bond motifs is 9. The van der Waals surface area contributed by atoms with Crippen LogP contribution in [0.15, 0.2) is 233 Å². The highest BCUT2D eigenvalue weighted by Gasteiger charge is 2.21. The van der Waals surface area contributed by atoms with E-state index in [1.165, 1.54) is 42.4 Å². The van der Waals surface area contributed by atoms with Crippen molar-refractivity contribution in [3.8, 4) is 44.5 Å². The third kappa shape index (κ3) is 5.81. The van der Waals surface area contributed by atoms with Crippen LogP contribution >= 0.6 is 11.3 Å². The maximum atomic E-state index is 6.82. The molecule has 0 radical (unpaired) electrons. The molecule has 0 N–H and O–H groups in total. The molecule has 0 aliphatic carbocycles. The van der Waals surface area contributed by atoms with Gasteiger partial charge in [-0.3, -0.25) is 0 Å². The van der Waals surface area contributed by atoms with Gasteiger partial charge in [-0.15, -0.1) is 11.3 Å².